The fourth-order valence-corrected chi connectivity index (χ4v) is 2.15. The lowest BCUT2D eigenvalue weighted by atomic mass is 9.88. The van der Waals surface area contributed by atoms with Crippen LogP contribution in [0.1, 0.15) is 20.3 Å². The highest BCUT2D eigenvalue weighted by Gasteiger charge is 2.38. The minimum absolute atomic E-state index is 0.0752. The van der Waals surface area contributed by atoms with Crippen molar-refractivity contribution in [1.82, 2.24) is 9.80 Å². The fraction of sp³-hybridized carbons (Fsp3) is 0.846. The second-order valence-corrected chi connectivity index (χ2v) is 5.68. The highest BCUT2D eigenvalue weighted by atomic mass is 16.5. The van der Waals surface area contributed by atoms with Gasteiger partial charge in [-0.3, -0.25) is 14.5 Å². The number of carbonyl (C=O) groups is 2. The van der Waals surface area contributed by atoms with E-state index in [9.17, 15) is 9.59 Å². The van der Waals surface area contributed by atoms with Crippen LogP contribution in [-0.4, -0.2) is 68.4 Å². The van der Waals surface area contributed by atoms with Gasteiger partial charge in [-0.15, -0.1) is 0 Å². The monoisotopic (exact) mass is 256 g/mol. The first-order valence-corrected chi connectivity index (χ1v) is 6.29. The lowest BCUT2D eigenvalue weighted by molar-refractivity contribution is -0.156. The number of ether oxygens (including phenoxy) is 1. The number of likely N-dealkylation sites (tertiary alicyclic amines) is 1. The highest BCUT2D eigenvalue weighted by Crippen LogP contribution is 2.21. The molecule has 0 spiro atoms. The van der Waals surface area contributed by atoms with Gasteiger partial charge in [0.2, 0.25) is 0 Å². The van der Waals surface area contributed by atoms with Gasteiger partial charge in [-0.25, -0.2) is 0 Å². The summed E-state index contributed by atoms with van der Waals surface area (Å²) in [4.78, 5) is 28.0. The zero-order valence-electron chi connectivity index (χ0n) is 12.0. The Morgan fingerprint density at radius 3 is 2.44 bits per heavy atom. The summed E-state index contributed by atoms with van der Waals surface area (Å²) in [6.07, 6.45) is 1.07. The summed E-state index contributed by atoms with van der Waals surface area (Å²) >= 11 is 0. The lowest BCUT2D eigenvalue weighted by Gasteiger charge is -2.24. The first kappa shape index (κ1) is 15.1. The van der Waals surface area contributed by atoms with E-state index in [1.165, 1.54) is 7.11 Å². The zero-order chi connectivity index (χ0) is 13.9. The summed E-state index contributed by atoms with van der Waals surface area (Å²) in [5.41, 5.74) is -1.05. The number of likely N-dealkylation sites (N-methyl/N-ethyl adjacent to an activating group) is 1. The molecule has 0 saturated carbocycles. The van der Waals surface area contributed by atoms with Crippen molar-refractivity contribution in [3.05, 3.63) is 0 Å². The van der Waals surface area contributed by atoms with E-state index < -0.39 is 11.4 Å². The first-order chi connectivity index (χ1) is 8.28. The summed E-state index contributed by atoms with van der Waals surface area (Å²) in [6, 6.07) is 0.499. The molecule has 1 unspecified atom stereocenters. The van der Waals surface area contributed by atoms with Crippen molar-refractivity contribution in [2.24, 2.45) is 5.41 Å². The van der Waals surface area contributed by atoms with Crippen LogP contribution in [0.4, 0.5) is 0 Å². The molecule has 1 heterocycles. The van der Waals surface area contributed by atoms with Gasteiger partial charge in [-0.1, -0.05) is 0 Å². The molecular formula is C13H24N2O3. The van der Waals surface area contributed by atoms with Gasteiger partial charge in [0, 0.05) is 19.1 Å². The fourth-order valence-electron chi connectivity index (χ4n) is 2.15. The van der Waals surface area contributed by atoms with Crippen molar-refractivity contribution < 1.29 is 14.3 Å². The van der Waals surface area contributed by atoms with Crippen LogP contribution in [0.25, 0.3) is 0 Å². The van der Waals surface area contributed by atoms with E-state index in [-0.39, 0.29) is 5.78 Å². The zero-order valence-corrected chi connectivity index (χ0v) is 12.0. The molecular weight excluding hydrogens is 232 g/mol. The summed E-state index contributed by atoms with van der Waals surface area (Å²) in [5, 5.41) is 0. The minimum atomic E-state index is -1.05. The van der Waals surface area contributed by atoms with Crippen molar-refractivity contribution in [3.8, 4) is 0 Å². The predicted molar refractivity (Wildman–Crippen MR) is 69.3 cm³/mol. The number of nitrogens with zero attached hydrogens (tertiary/aromatic N) is 2. The average molecular weight is 256 g/mol. The van der Waals surface area contributed by atoms with Gasteiger partial charge in [0.1, 0.15) is 5.41 Å². The third kappa shape index (κ3) is 3.29. The molecule has 0 radical (unpaired) electrons. The van der Waals surface area contributed by atoms with E-state index in [0.29, 0.717) is 12.6 Å². The second kappa shape index (κ2) is 5.80. The molecule has 0 aliphatic carbocycles. The Labute approximate surface area is 109 Å². The average Bonchev–Trinajstić information content (AvgIpc) is 2.76. The van der Waals surface area contributed by atoms with Gasteiger partial charge in [0.15, 0.2) is 5.78 Å². The Balaban J connectivity index is 2.54. The number of ketones is 1. The number of Topliss-reactive ketones (excluding diaryl/α,β-unsaturated/α-hetero) is 1. The minimum Gasteiger partial charge on any atom is -0.468 e. The maximum atomic E-state index is 12.1. The summed E-state index contributed by atoms with van der Waals surface area (Å²) in [5.74, 6) is -0.537. The molecule has 0 aromatic heterocycles. The van der Waals surface area contributed by atoms with Crippen LogP contribution >= 0.6 is 0 Å². The van der Waals surface area contributed by atoms with Crippen molar-refractivity contribution in [3.63, 3.8) is 0 Å². The van der Waals surface area contributed by atoms with Crippen molar-refractivity contribution in [1.29, 1.82) is 0 Å². The molecule has 0 N–H and O–H groups in total. The van der Waals surface area contributed by atoms with Gasteiger partial charge in [0.25, 0.3) is 0 Å². The molecule has 0 amide bonds. The summed E-state index contributed by atoms with van der Waals surface area (Å²) in [7, 11) is 5.41. The molecule has 0 aromatic carbocycles. The second-order valence-electron chi connectivity index (χ2n) is 5.68. The maximum Gasteiger partial charge on any atom is 0.318 e. The quantitative estimate of drug-likeness (QED) is 0.526. The molecule has 1 fully saturated rings. The van der Waals surface area contributed by atoms with Crippen LogP contribution in [0.3, 0.4) is 0 Å². The van der Waals surface area contributed by atoms with E-state index in [0.717, 1.165) is 19.5 Å². The van der Waals surface area contributed by atoms with Gasteiger partial charge >= 0.3 is 5.97 Å². The van der Waals surface area contributed by atoms with E-state index in [1.807, 2.05) is 14.1 Å². The summed E-state index contributed by atoms with van der Waals surface area (Å²) in [6.45, 7) is 5.37. The number of hydrogen-bond donors (Lipinski definition) is 0. The highest BCUT2D eigenvalue weighted by molar-refractivity contribution is 6.03. The van der Waals surface area contributed by atoms with Crippen LogP contribution in [0.15, 0.2) is 0 Å². The van der Waals surface area contributed by atoms with E-state index in [1.54, 1.807) is 13.8 Å². The van der Waals surface area contributed by atoms with Crippen LogP contribution in [0.5, 0.6) is 0 Å². The third-order valence-electron chi connectivity index (χ3n) is 3.74. The molecule has 5 heteroatoms. The Morgan fingerprint density at radius 2 is 2.00 bits per heavy atom. The molecule has 1 aliphatic heterocycles. The van der Waals surface area contributed by atoms with E-state index >= 15 is 0 Å². The van der Waals surface area contributed by atoms with E-state index in [4.69, 9.17) is 0 Å². The standard InChI is InChI=1S/C13H24N2O3/c1-13(2,12(17)18-5)11(16)9-15-7-6-10(8-15)14(3)4/h10H,6-9H2,1-5H3. The van der Waals surface area contributed by atoms with E-state index in [2.05, 4.69) is 14.5 Å². The molecule has 5 nitrogen and oxygen atoms in total. The lowest BCUT2D eigenvalue weighted by Crippen LogP contribution is -2.42. The maximum absolute atomic E-state index is 12.1. The van der Waals surface area contributed by atoms with Gasteiger partial charge in [-0.05, 0) is 34.4 Å². The predicted octanol–water partition coefficient (Wildman–Crippen LogP) is 0.391. The van der Waals surface area contributed by atoms with Crippen LogP contribution in [-0.2, 0) is 14.3 Å². The molecule has 104 valence electrons. The van der Waals surface area contributed by atoms with Crippen molar-refractivity contribution >= 4 is 11.8 Å². The number of methoxy groups -OCH3 is 1. The van der Waals surface area contributed by atoms with Crippen molar-refractivity contribution in [2.45, 2.75) is 26.3 Å². The SMILES string of the molecule is COC(=O)C(C)(C)C(=O)CN1CCC(N(C)C)C1. The normalized spacial score (nSPS) is 21.3. The Bertz CT molecular complexity index is 326. The Hall–Kier alpha value is -0.940. The number of rotatable bonds is 5. The third-order valence-corrected chi connectivity index (χ3v) is 3.74. The number of esters is 1. The topological polar surface area (TPSA) is 49.9 Å². The van der Waals surface area contributed by atoms with Crippen molar-refractivity contribution in [2.75, 3.05) is 40.8 Å². The molecule has 1 saturated heterocycles. The van der Waals surface area contributed by atoms with Gasteiger partial charge in [-0.2, -0.15) is 0 Å². The summed E-state index contributed by atoms with van der Waals surface area (Å²) < 4.78 is 4.67. The molecule has 1 rings (SSSR count). The smallest absolute Gasteiger partial charge is 0.318 e. The first-order valence-electron chi connectivity index (χ1n) is 6.29. The van der Waals surface area contributed by atoms with Gasteiger partial charge < -0.3 is 9.64 Å². The Kier molecular flexibility index (Phi) is 4.87. The molecule has 1 atom stereocenters. The number of carbonyl (C=O) groups excluding carboxylic acids is 2. The van der Waals surface area contributed by atoms with Crippen LogP contribution in [0, 0.1) is 5.41 Å². The molecule has 0 aromatic rings. The van der Waals surface area contributed by atoms with Crippen LogP contribution < -0.4 is 0 Å². The Morgan fingerprint density at radius 1 is 1.39 bits per heavy atom. The molecule has 0 bridgehead atoms. The number of hydrogen-bond acceptors (Lipinski definition) is 5. The molecule has 1 aliphatic rings. The largest absolute Gasteiger partial charge is 0.468 e. The molecule has 18 heavy (non-hydrogen) atoms. The van der Waals surface area contributed by atoms with Crippen LogP contribution in [0.2, 0.25) is 0 Å². The van der Waals surface area contributed by atoms with Gasteiger partial charge in [0.05, 0.1) is 13.7 Å².